The molecular formula is C9H15N3OS. The molecule has 5 heteroatoms. The summed E-state index contributed by atoms with van der Waals surface area (Å²) in [5.74, 6) is 0.925. The third-order valence-electron chi connectivity index (χ3n) is 1.91. The van der Waals surface area contributed by atoms with Crippen LogP contribution in [-0.2, 0) is 0 Å². The normalized spacial score (nSPS) is 10.1. The molecule has 78 valence electrons. The molecule has 0 spiro atoms. The summed E-state index contributed by atoms with van der Waals surface area (Å²) in [6, 6.07) is 1.65. The van der Waals surface area contributed by atoms with E-state index in [1.807, 2.05) is 6.26 Å². The van der Waals surface area contributed by atoms with E-state index < -0.39 is 0 Å². The fraction of sp³-hybridized carbons (Fsp3) is 0.444. The number of aromatic nitrogens is 1. The molecule has 0 saturated carbocycles. The van der Waals surface area contributed by atoms with E-state index in [1.54, 1.807) is 36.0 Å². The third kappa shape index (κ3) is 2.70. The van der Waals surface area contributed by atoms with Crippen molar-refractivity contribution in [2.75, 3.05) is 31.3 Å². The number of hydrogen-bond acceptors (Lipinski definition) is 3. The molecule has 1 amide bonds. The van der Waals surface area contributed by atoms with Gasteiger partial charge in [0.15, 0.2) is 0 Å². The minimum Gasteiger partial charge on any atom is -0.397 e. The van der Waals surface area contributed by atoms with Crippen molar-refractivity contribution in [3.8, 4) is 0 Å². The molecule has 14 heavy (non-hydrogen) atoms. The molecule has 1 aromatic heterocycles. The molecular weight excluding hydrogens is 198 g/mol. The number of carbonyl (C=O) groups is 1. The number of rotatable bonds is 4. The Balaban J connectivity index is 2.56. The van der Waals surface area contributed by atoms with Crippen LogP contribution >= 0.6 is 11.8 Å². The Kier molecular flexibility index (Phi) is 3.88. The zero-order chi connectivity index (χ0) is 10.6. The average Bonchev–Trinajstić information content (AvgIpc) is 2.60. The highest BCUT2D eigenvalue weighted by atomic mass is 32.2. The second-order valence-electron chi connectivity index (χ2n) is 3.07. The van der Waals surface area contributed by atoms with E-state index in [0.29, 0.717) is 11.4 Å². The number of thioether (sulfide) groups is 1. The van der Waals surface area contributed by atoms with Crippen LogP contribution in [0.4, 0.5) is 5.69 Å². The fourth-order valence-corrected chi connectivity index (χ4v) is 1.53. The number of aromatic amines is 1. The number of nitrogens with zero attached hydrogens (tertiary/aromatic N) is 1. The highest BCUT2D eigenvalue weighted by Crippen LogP contribution is 2.07. The van der Waals surface area contributed by atoms with Crippen molar-refractivity contribution in [3.63, 3.8) is 0 Å². The van der Waals surface area contributed by atoms with E-state index in [-0.39, 0.29) is 5.91 Å². The van der Waals surface area contributed by atoms with Crippen molar-refractivity contribution < 1.29 is 4.79 Å². The predicted molar refractivity (Wildman–Crippen MR) is 60.5 cm³/mol. The molecule has 0 fully saturated rings. The van der Waals surface area contributed by atoms with Crippen molar-refractivity contribution in [3.05, 3.63) is 18.0 Å². The summed E-state index contributed by atoms with van der Waals surface area (Å²) >= 11 is 1.72. The second-order valence-corrected chi connectivity index (χ2v) is 4.05. The van der Waals surface area contributed by atoms with E-state index in [9.17, 15) is 4.79 Å². The van der Waals surface area contributed by atoms with Crippen molar-refractivity contribution in [1.29, 1.82) is 0 Å². The Morgan fingerprint density at radius 2 is 2.43 bits per heavy atom. The summed E-state index contributed by atoms with van der Waals surface area (Å²) in [4.78, 5) is 16.2. The lowest BCUT2D eigenvalue weighted by atomic mass is 10.3. The van der Waals surface area contributed by atoms with Crippen LogP contribution in [0.2, 0.25) is 0 Å². The van der Waals surface area contributed by atoms with Crippen molar-refractivity contribution >= 4 is 23.4 Å². The van der Waals surface area contributed by atoms with Gasteiger partial charge in [0.05, 0.1) is 0 Å². The zero-order valence-corrected chi connectivity index (χ0v) is 9.23. The van der Waals surface area contributed by atoms with Gasteiger partial charge in [0.25, 0.3) is 5.91 Å². The fourth-order valence-electron chi connectivity index (χ4n) is 1.07. The van der Waals surface area contributed by atoms with E-state index in [0.717, 1.165) is 12.3 Å². The van der Waals surface area contributed by atoms with Crippen LogP contribution in [0.25, 0.3) is 0 Å². The van der Waals surface area contributed by atoms with Crippen LogP contribution in [-0.4, -0.2) is 41.4 Å². The summed E-state index contributed by atoms with van der Waals surface area (Å²) in [5, 5.41) is 0. The summed E-state index contributed by atoms with van der Waals surface area (Å²) in [5.41, 5.74) is 6.65. The summed E-state index contributed by atoms with van der Waals surface area (Å²) in [7, 11) is 1.79. The number of nitrogen functional groups attached to an aromatic ring is 1. The minimum absolute atomic E-state index is 0.0178. The Labute approximate surface area is 87.8 Å². The molecule has 1 aromatic rings. The number of anilines is 1. The highest BCUT2D eigenvalue weighted by molar-refractivity contribution is 7.98. The number of nitrogens with one attached hydrogen (secondary N) is 1. The second kappa shape index (κ2) is 4.95. The van der Waals surface area contributed by atoms with Gasteiger partial charge < -0.3 is 15.6 Å². The van der Waals surface area contributed by atoms with E-state index in [1.165, 1.54) is 0 Å². The number of nitrogens with two attached hydrogens (primary N) is 1. The monoisotopic (exact) mass is 213 g/mol. The molecule has 0 unspecified atom stereocenters. The molecule has 3 N–H and O–H groups in total. The Bertz CT molecular complexity index is 311. The predicted octanol–water partition coefficient (Wildman–Crippen LogP) is 1.03. The largest absolute Gasteiger partial charge is 0.397 e. The van der Waals surface area contributed by atoms with Crippen LogP contribution in [0, 0.1) is 0 Å². The molecule has 0 aliphatic heterocycles. The molecule has 0 aliphatic rings. The van der Waals surface area contributed by atoms with Crippen LogP contribution in [0.5, 0.6) is 0 Å². The van der Waals surface area contributed by atoms with Crippen LogP contribution in [0.3, 0.4) is 0 Å². The number of carbonyl (C=O) groups excluding carboxylic acids is 1. The maximum absolute atomic E-state index is 11.7. The van der Waals surface area contributed by atoms with Gasteiger partial charge in [0.2, 0.25) is 0 Å². The van der Waals surface area contributed by atoms with Gasteiger partial charge in [0.1, 0.15) is 5.69 Å². The third-order valence-corrected chi connectivity index (χ3v) is 2.50. The molecule has 4 nitrogen and oxygen atoms in total. The molecule has 0 bridgehead atoms. The molecule has 1 rings (SSSR count). The van der Waals surface area contributed by atoms with Crippen LogP contribution in [0.15, 0.2) is 12.3 Å². The first-order valence-electron chi connectivity index (χ1n) is 4.33. The van der Waals surface area contributed by atoms with Crippen molar-refractivity contribution in [2.45, 2.75) is 0 Å². The van der Waals surface area contributed by atoms with Gasteiger partial charge in [-0.3, -0.25) is 4.79 Å². The Hall–Kier alpha value is -1.10. The Morgan fingerprint density at radius 1 is 1.71 bits per heavy atom. The number of hydrogen-bond donors (Lipinski definition) is 2. The zero-order valence-electron chi connectivity index (χ0n) is 8.41. The highest BCUT2D eigenvalue weighted by Gasteiger charge is 2.12. The summed E-state index contributed by atoms with van der Waals surface area (Å²) < 4.78 is 0. The first kappa shape index (κ1) is 11.0. The lowest BCUT2D eigenvalue weighted by molar-refractivity contribution is 0.0799. The lowest BCUT2D eigenvalue weighted by Crippen LogP contribution is -2.29. The molecule has 0 saturated heterocycles. The van der Waals surface area contributed by atoms with Crippen LogP contribution in [0.1, 0.15) is 10.5 Å². The van der Waals surface area contributed by atoms with Crippen molar-refractivity contribution in [2.24, 2.45) is 0 Å². The maximum atomic E-state index is 11.7. The van der Waals surface area contributed by atoms with Gasteiger partial charge in [-0.05, 0) is 12.3 Å². The van der Waals surface area contributed by atoms with Gasteiger partial charge in [-0.2, -0.15) is 11.8 Å². The molecule has 0 radical (unpaired) electrons. The molecule has 0 atom stereocenters. The van der Waals surface area contributed by atoms with Gasteiger partial charge >= 0.3 is 0 Å². The van der Waals surface area contributed by atoms with E-state index >= 15 is 0 Å². The smallest absolute Gasteiger partial charge is 0.270 e. The van der Waals surface area contributed by atoms with E-state index in [2.05, 4.69) is 4.98 Å². The standard InChI is InChI=1S/C9H15N3OS/c1-12(3-4-14-2)9(13)8-5-7(10)6-11-8/h5-6,11H,3-4,10H2,1-2H3. The topological polar surface area (TPSA) is 62.1 Å². The van der Waals surface area contributed by atoms with Crippen LogP contribution < -0.4 is 5.73 Å². The summed E-state index contributed by atoms with van der Waals surface area (Å²) in [6.45, 7) is 0.749. The van der Waals surface area contributed by atoms with Gasteiger partial charge in [0, 0.05) is 31.2 Å². The minimum atomic E-state index is -0.0178. The average molecular weight is 213 g/mol. The molecule has 0 aliphatic carbocycles. The lowest BCUT2D eigenvalue weighted by Gasteiger charge is -2.15. The quantitative estimate of drug-likeness (QED) is 0.785. The SMILES string of the molecule is CSCCN(C)C(=O)c1cc(N)c[nH]1. The van der Waals surface area contributed by atoms with Gasteiger partial charge in [-0.1, -0.05) is 0 Å². The molecule has 1 heterocycles. The molecule has 0 aromatic carbocycles. The van der Waals surface area contributed by atoms with E-state index in [4.69, 9.17) is 5.73 Å². The Morgan fingerprint density at radius 3 is 2.93 bits per heavy atom. The number of H-pyrrole nitrogens is 1. The van der Waals surface area contributed by atoms with Gasteiger partial charge in [-0.25, -0.2) is 0 Å². The van der Waals surface area contributed by atoms with Gasteiger partial charge in [-0.15, -0.1) is 0 Å². The first-order valence-corrected chi connectivity index (χ1v) is 5.73. The first-order chi connectivity index (χ1) is 6.65. The number of amides is 1. The maximum Gasteiger partial charge on any atom is 0.270 e. The van der Waals surface area contributed by atoms with Crippen molar-refractivity contribution in [1.82, 2.24) is 9.88 Å². The summed E-state index contributed by atoms with van der Waals surface area (Å²) in [6.07, 6.45) is 3.64.